The summed E-state index contributed by atoms with van der Waals surface area (Å²) in [7, 11) is 0. The number of aliphatic hydroxyl groups excluding tert-OH is 1. The summed E-state index contributed by atoms with van der Waals surface area (Å²) in [5.74, 6) is -0.668. The van der Waals surface area contributed by atoms with E-state index in [9.17, 15) is 23.1 Å². The van der Waals surface area contributed by atoms with Crippen LogP contribution in [0.15, 0.2) is 48.7 Å². The molecule has 7 nitrogen and oxygen atoms in total. The van der Waals surface area contributed by atoms with Gasteiger partial charge in [0.2, 0.25) is 5.91 Å². The van der Waals surface area contributed by atoms with Crippen molar-refractivity contribution in [3.8, 4) is 11.4 Å². The average Bonchev–Trinajstić information content (AvgIpc) is 3.05. The largest absolute Gasteiger partial charge is 0.573 e. The first-order chi connectivity index (χ1) is 13.8. The number of allylic oxidation sites excluding steroid dienone is 1. The van der Waals surface area contributed by atoms with Crippen LogP contribution < -0.4 is 10.1 Å². The van der Waals surface area contributed by atoms with E-state index < -0.39 is 6.36 Å². The predicted octanol–water partition coefficient (Wildman–Crippen LogP) is 3.00. The maximum atomic E-state index is 12.4. The van der Waals surface area contributed by atoms with E-state index in [4.69, 9.17) is 0 Å². The number of carbonyl (C=O) groups is 1. The first kappa shape index (κ1) is 20.3. The van der Waals surface area contributed by atoms with Crippen LogP contribution in [-0.4, -0.2) is 32.1 Å². The number of carbonyl (C=O) groups excluding carboxylic acids is 1. The molecule has 10 heteroatoms. The highest BCUT2D eigenvalue weighted by molar-refractivity contribution is 5.88. The van der Waals surface area contributed by atoms with E-state index in [1.807, 2.05) is 0 Å². The van der Waals surface area contributed by atoms with E-state index in [2.05, 4.69) is 20.1 Å². The molecule has 1 amide bonds. The Morgan fingerprint density at radius 1 is 1.28 bits per heavy atom. The summed E-state index contributed by atoms with van der Waals surface area (Å²) < 4.78 is 42.4. The van der Waals surface area contributed by atoms with Gasteiger partial charge in [0.15, 0.2) is 5.65 Å². The van der Waals surface area contributed by atoms with E-state index in [-0.39, 0.29) is 24.8 Å². The Kier molecular flexibility index (Phi) is 5.83. The molecule has 152 valence electrons. The second-order valence-corrected chi connectivity index (χ2v) is 5.94. The van der Waals surface area contributed by atoms with Crippen LogP contribution in [0.3, 0.4) is 0 Å². The van der Waals surface area contributed by atoms with Crippen LogP contribution in [0.2, 0.25) is 0 Å². The summed E-state index contributed by atoms with van der Waals surface area (Å²) in [6.45, 7) is 1.53. The van der Waals surface area contributed by atoms with Crippen molar-refractivity contribution in [1.29, 1.82) is 0 Å². The topological polar surface area (TPSA) is 89.3 Å². The third-order valence-corrected chi connectivity index (χ3v) is 3.96. The van der Waals surface area contributed by atoms with Crippen molar-refractivity contribution in [2.45, 2.75) is 26.4 Å². The Labute approximate surface area is 163 Å². The SMILES string of the molecule is C/C=C/C(=O)NCc1nn(-c2ccc(OC(F)(F)F)cc2)c2nccc(CO)c12. The van der Waals surface area contributed by atoms with Gasteiger partial charge in [0.1, 0.15) is 5.75 Å². The molecule has 2 aromatic heterocycles. The monoisotopic (exact) mass is 406 g/mol. The fraction of sp³-hybridized carbons (Fsp3) is 0.211. The van der Waals surface area contributed by atoms with Gasteiger partial charge in [-0.25, -0.2) is 9.67 Å². The van der Waals surface area contributed by atoms with Crippen LogP contribution in [0, 0.1) is 0 Å². The molecule has 0 fully saturated rings. The number of aromatic nitrogens is 3. The zero-order valence-electron chi connectivity index (χ0n) is 15.3. The van der Waals surface area contributed by atoms with E-state index in [1.54, 1.807) is 19.1 Å². The lowest BCUT2D eigenvalue weighted by Gasteiger charge is -2.09. The minimum Gasteiger partial charge on any atom is -0.406 e. The van der Waals surface area contributed by atoms with Gasteiger partial charge in [-0.1, -0.05) is 6.08 Å². The molecule has 0 aliphatic rings. The van der Waals surface area contributed by atoms with Gasteiger partial charge >= 0.3 is 6.36 Å². The number of benzene rings is 1. The number of ether oxygens (including phenoxy) is 1. The molecule has 2 N–H and O–H groups in total. The fourth-order valence-corrected chi connectivity index (χ4v) is 2.79. The van der Waals surface area contributed by atoms with Gasteiger partial charge in [-0.15, -0.1) is 13.2 Å². The van der Waals surface area contributed by atoms with Crippen molar-refractivity contribution < 1.29 is 27.8 Å². The molecule has 0 saturated heterocycles. The van der Waals surface area contributed by atoms with Gasteiger partial charge in [-0.3, -0.25) is 4.79 Å². The lowest BCUT2D eigenvalue weighted by atomic mass is 10.1. The molecule has 0 saturated carbocycles. The Morgan fingerprint density at radius 2 is 2.00 bits per heavy atom. The quantitative estimate of drug-likeness (QED) is 0.615. The lowest BCUT2D eigenvalue weighted by Crippen LogP contribution is -2.20. The summed E-state index contributed by atoms with van der Waals surface area (Å²) in [6.07, 6.45) is -0.327. The second kappa shape index (κ2) is 8.31. The molecule has 0 unspecified atom stereocenters. The first-order valence-corrected chi connectivity index (χ1v) is 8.55. The normalized spacial score (nSPS) is 11.9. The first-order valence-electron chi connectivity index (χ1n) is 8.55. The van der Waals surface area contributed by atoms with Crippen LogP contribution in [-0.2, 0) is 17.9 Å². The van der Waals surface area contributed by atoms with Crippen molar-refractivity contribution >= 4 is 16.9 Å². The molecule has 3 rings (SSSR count). The number of halogens is 3. The van der Waals surface area contributed by atoms with Crippen molar-refractivity contribution in [2.24, 2.45) is 0 Å². The zero-order chi connectivity index (χ0) is 21.0. The Hall–Kier alpha value is -3.40. The van der Waals surface area contributed by atoms with Crippen LogP contribution >= 0.6 is 0 Å². The number of alkyl halides is 3. The standard InChI is InChI=1S/C19H17F3N4O3/c1-2-3-16(28)24-10-15-17-12(11-27)8-9-23-18(17)26(25-15)13-4-6-14(7-5-13)29-19(20,21)22/h2-9,27H,10-11H2,1H3,(H,24,28)/b3-2+. The summed E-state index contributed by atoms with van der Waals surface area (Å²) in [5.41, 5.74) is 1.87. The highest BCUT2D eigenvalue weighted by Crippen LogP contribution is 2.27. The second-order valence-electron chi connectivity index (χ2n) is 5.94. The van der Waals surface area contributed by atoms with Crippen molar-refractivity contribution in [1.82, 2.24) is 20.1 Å². The smallest absolute Gasteiger partial charge is 0.406 e. The van der Waals surface area contributed by atoms with E-state index in [0.717, 1.165) is 0 Å². The molecule has 0 aliphatic heterocycles. The third kappa shape index (κ3) is 4.72. The minimum atomic E-state index is -4.78. The highest BCUT2D eigenvalue weighted by atomic mass is 19.4. The number of hydrogen-bond donors (Lipinski definition) is 2. The Morgan fingerprint density at radius 3 is 2.62 bits per heavy atom. The number of nitrogens with one attached hydrogen (secondary N) is 1. The van der Waals surface area contributed by atoms with Crippen LogP contribution in [0.5, 0.6) is 5.75 Å². The summed E-state index contributed by atoms with van der Waals surface area (Å²) in [6, 6.07) is 6.78. The highest BCUT2D eigenvalue weighted by Gasteiger charge is 2.31. The van der Waals surface area contributed by atoms with Gasteiger partial charge in [0, 0.05) is 11.6 Å². The summed E-state index contributed by atoms with van der Waals surface area (Å²) in [4.78, 5) is 16.0. The number of fused-ring (bicyclic) bond motifs is 1. The number of rotatable bonds is 6. The van der Waals surface area contributed by atoms with E-state index in [0.29, 0.717) is 28.0 Å². The average molecular weight is 406 g/mol. The number of hydrogen-bond acceptors (Lipinski definition) is 5. The molecule has 2 heterocycles. The van der Waals surface area contributed by atoms with E-state index in [1.165, 1.54) is 41.2 Å². The zero-order valence-corrected chi connectivity index (χ0v) is 15.3. The third-order valence-electron chi connectivity index (χ3n) is 3.96. The Balaban J connectivity index is 2.01. The van der Waals surface area contributed by atoms with Gasteiger partial charge < -0.3 is 15.2 Å². The van der Waals surface area contributed by atoms with Gasteiger partial charge in [-0.05, 0) is 48.9 Å². The number of aliphatic hydroxyl groups is 1. The maximum Gasteiger partial charge on any atom is 0.573 e. The molecule has 0 aliphatic carbocycles. The molecule has 1 aromatic carbocycles. The van der Waals surface area contributed by atoms with Crippen molar-refractivity contribution in [3.63, 3.8) is 0 Å². The maximum absolute atomic E-state index is 12.4. The van der Waals surface area contributed by atoms with Crippen LogP contribution in [0.1, 0.15) is 18.2 Å². The molecule has 29 heavy (non-hydrogen) atoms. The number of nitrogens with zero attached hydrogens (tertiary/aromatic N) is 3. The molecule has 0 radical (unpaired) electrons. The molecule has 0 spiro atoms. The molecule has 0 atom stereocenters. The molecular weight excluding hydrogens is 389 g/mol. The van der Waals surface area contributed by atoms with Gasteiger partial charge in [-0.2, -0.15) is 5.10 Å². The minimum absolute atomic E-state index is 0.0840. The van der Waals surface area contributed by atoms with Crippen molar-refractivity contribution in [2.75, 3.05) is 0 Å². The Bertz CT molecular complexity index is 1040. The van der Waals surface area contributed by atoms with Crippen LogP contribution in [0.4, 0.5) is 13.2 Å². The molecular formula is C19H17F3N4O3. The van der Waals surface area contributed by atoms with Gasteiger partial charge in [0.25, 0.3) is 0 Å². The predicted molar refractivity (Wildman–Crippen MR) is 98.1 cm³/mol. The number of amides is 1. The number of pyridine rings is 1. The van der Waals surface area contributed by atoms with Crippen molar-refractivity contribution in [3.05, 3.63) is 59.9 Å². The summed E-state index contributed by atoms with van der Waals surface area (Å²) in [5, 5.41) is 17.4. The van der Waals surface area contributed by atoms with Gasteiger partial charge in [0.05, 0.1) is 24.5 Å². The summed E-state index contributed by atoms with van der Waals surface area (Å²) >= 11 is 0. The van der Waals surface area contributed by atoms with Crippen LogP contribution in [0.25, 0.3) is 16.7 Å². The van der Waals surface area contributed by atoms with E-state index >= 15 is 0 Å². The lowest BCUT2D eigenvalue weighted by molar-refractivity contribution is -0.274. The molecule has 0 bridgehead atoms. The molecule has 3 aromatic rings. The fourth-order valence-electron chi connectivity index (χ4n) is 2.79.